The van der Waals surface area contributed by atoms with Crippen LogP contribution in [-0.4, -0.2) is 42.9 Å². The summed E-state index contributed by atoms with van der Waals surface area (Å²) in [6.07, 6.45) is 0.515. The molecule has 6 nitrogen and oxygen atoms in total. The minimum absolute atomic E-state index is 0.0319. The first-order chi connectivity index (χ1) is 12.7. The van der Waals surface area contributed by atoms with E-state index < -0.39 is 28.2 Å². The number of esters is 1. The van der Waals surface area contributed by atoms with Gasteiger partial charge >= 0.3 is 5.97 Å². The van der Waals surface area contributed by atoms with Gasteiger partial charge < -0.3 is 9.30 Å². The predicted molar refractivity (Wildman–Crippen MR) is 97.2 cm³/mol. The molecule has 144 valence electrons. The monoisotopic (exact) mass is 393 g/mol. The van der Waals surface area contributed by atoms with Crippen LogP contribution in [0.2, 0.25) is 0 Å². The van der Waals surface area contributed by atoms with Gasteiger partial charge in [-0.05, 0) is 44.5 Å². The second-order valence-corrected chi connectivity index (χ2v) is 8.95. The summed E-state index contributed by atoms with van der Waals surface area (Å²) in [5, 5.41) is 0. The molecule has 1 aromatic heterocycles. The molecule has 0 N–H and O–H groups in total. The lowest BCUT2D eigenvalue weighted by atomic mass is 10.1. The molecule has 1 aromatic carbocycles. The van der Waals surface area contributed by atoms with Crippen LogP contribution in [0.15, 0.2) is 30.3 Å². The van der Waals surface area contributed by atoms with Crippen molar-refractivity contribution in [2.24, 2.45) is 0 Å². The molecule has 0 aliphatic carbocycles. The van der Waals surface area contributed by atoms with Crippen LogP contribution in [0.3, 0.4) is 0 Å². The highest BCUT2D eigenvalue weighted by Crippen LogP contribution is 2.29. The predicted octanol–water partition coefficient (Wildman–Crippen LogP) is 2.64. The van der Waals surface area contributed by atoms with E-state index in [-0.39, 0.29) is 28.9 Å². The van der Waals surface area contributed by atoms with Gasteiger partial charge in [-0.1, -0.05) is 6.07 Å². The third-order valence-electron chi connectivity index (χ3n) is 4.75. The quantitative estimate of drug-likeness (QED) is 0.576. The van der Waals surface area contributed by atoms with Crippen molar-refractivity contribution in [3.05, 3.63) is 58.7 Å². The Morgan fingerprint density at radius 3 is 2.63 bits per heavy atom. The van der Waals surface area contributed by atoms with E-state index in [1.54, 1.807) is 13.0 Å². The van der Waals surface area contributed by atoms with Crippen molar-refractivity contribution in [3.63, 3.8) is 0 Å². The summed E-state index contributed by atoms with van der Waals surface area (Å²) < 4.78 is 43.5. The van der Waals surface area contributed by atoms with E-state index in [0.29, 0.717) is 17.7 Å². The van der Waals surface area contributed by atoms with Crippen molar-refractivity contribution in [1.82, 2.24) is 4.57 Å². The molecule has 0 bridgehead atoms. The molecule has 0 unspecified atom stereocenters. The molecule has 0 radical (unpaired) electrons. The van der Waals surface area contributed by atoms with Crippen molar-refractivity contribution in [2.75, 3.05) is 18.1 Å². The molecule has 1 aliphatic rings. The number of aromatic nitrogens is 1. The first-order valence-corrected chi connectivity index (χ1v) is 10.3. The fourth-order valence-corrected chi connectivity index (χ4v) is 5.21. The average molecular weight is 393 g/mol. The number of hydrogen-bond donors (Lipinski definition) is 0. The van der Waals surface area contributed by atoms with Crippen molar-refractivity contribution in [2.45, 2.75) is 26.3 Å². The number of rotatable bonds is 5. The lowest BCUT2D eigenvalue weighted by Crippen LogP contribution is -2.17. The largest absolute Gasteiger partial charge is 0.454 e. The molecular weight excluding hydrogens is 373 g/mol. The number of ether oxygens (including phenoxy) is 1. The first-order valence-electron chi connectivity index (χ1n) is 8.52. The fraction of sp³-hybridized carbons (Fsp3) is 0.368. The Hall–Kier alpha value is -2.48. The number of ketones is 1. The Kier molecular flexibility index (Phi) is 5.19. The van der Waals surface area contributed by atoms with E-state index in [1.165, 1.54) is 18.2 Å². The molecule has 0 spiro atoms. The van der Waals surface area contributed by atoms with Gasteiger partial charge in [-0.15, -0.1) is 0 Å². The van der Waals surface area contributed by atoms with Crippen LogP contribution < -0.4 is 0 Å². The van der Waals surface area contributed by atoms with Crippen molar-refractivity contribution < 1.29 is 27.1 Å². The van der Waals surface area contributed by atoms with E-state index in [2.05, 4.69) is 0 Å². The Morgan fingerprint density at radius 2 is 2.00 bits per heavy atom. The van der Waals surface area contributed by atoms with Gasteiger partial charge in [0.1, 0.15) is 5.82 Å². The molecule has 1 atom stereocenters. The highest BCUT2D eigenvalue weighted by Gasteiger charge is 2.31. The van der Waals surface area contributed by atoms with Gasteiger partial charge in [0, 0.05) is 23.0 Å². The van der Waals surface area contributed by atoms with Crippen LogP contribution in [-0.2, 0) is 14.6 Å². The van der Waals surface area contributed by atoms with Crippen LogP contribution >= 0.6 is 0 Å². The van der Waals surface area contributed by atoms with Gasteiger partial charge in [-0.3, -0.25) is 4.79 Å². The van der Waals surface area contributed by atoms with Crippen LogP contribution in [0.4, 0.5) is 4.39 Å². The Balaban J connectivity index is 1.72. The lowest BCUT2D eigenvalue weighted by molar-refractivity contribution is 0.0474. The highest BCUT2D eigenvalue weighted by atomic mass is 32.2. The highest BCUT2D eigenvalue weighted by molar-refractivity contribution is 7.91. The van der Waals surface area contributed by atoms with Crippen molar-refractivity contribution >= 4 is 21.6 Å². The summed E-state index contributed by atoms with van der Waals surface area (Å²) in [6.45, 7) is 3.09. The summed E-state index contributed by atoms with van der Waals surface area (Å²) in [5.74, 6) is -1.53. The van der Waals surface area contributed by atoms with E-state index in [1.807, 2.05) is 11.5 Å². The van der Waals surface area contributed by atoms with Crippen molar-refractivity contribution in [3.8, 4) is 0 Å². The summed E-state index contributed by atoms with van der Waals surface area (Å²) >= 11 is 0. The van der Waals surface area contributed by atoms with Crippen LogP contribution in [0.5, 0.6) is 0 Å². The topological polar surface area (TPSA) is 82.4 Å². The maximum absolute atomic E-state index is 13.2. The minimum Gasteiger partial charge on any atom is -0.454 e. The van der Waals surface area contributed by atoms with Crippen LogP contribution in [0.25, 0.3) is 0 Å². The zero-order valence-electron chi connectivity index (χ0n) is 15.1. The number of aryl methyl sites for hydroxylation is 1. The fourth-order valence-electron chi connectivity index (χ4n) is 3.51. The Bertz CT molecular complexity index is 1010. The normalized spacial score (nSPS) is 18.4. The number of nitrogens with zero attached hydrogens (tertiary/aromatic N) is 1. The third kappa shape index (κ3) is 4.10. The maximum Gasteiger partial charge on any atom is 0.338 e. The average Bonchev–Trinajstić information content (AvgIpc) is 3.10. The second-order valence-electron chi connectivity index (χ2n) is 6.72. The molecule has 2 aromatic rings. The van der Waals surface area contributed by atoms with Gasteiger partial charge in [-0.2, -0.15) is 0 Å². The SMILES string of the molecule is Cc1cc(C(=O)COC(=O)c2cccc(F)c2)c(C)n1[C@@H]1CCS(=O)(=O)C1. The number of halogens is 1. The smallest absolute Gasteiger partial charge is 0.338 e. The van der Waals surface area contributed by atoms with E-state index in [9.17, 15) is 22.4 Å². The van der Waals surface area contributed by atoms with Gasteiger partial charge in [-0.25, -0.2) is 17.6 Å². The number of carbonyl (C=O) groups is 2. The zero-order chi connectivity index (χ0) is 19.8. The molecule has 0 saturated carbocycles. The minimum atomic E-state index is -3.05. The van der Waals surface area contributed by atoms with E-state index in [4.69, 9.17) is 4.74 Å². The van der Waals surface area contributed by atoms with Gasteiger partial charge in [0.15, 0.2) is 16.4 Å². The molecule has 3 rings (SSSR count). The number of sulfone groups is 1. The number of benzene rings is 1. The van der Waals surface area contributed by atoms with Crippen molar-refractivity contribution in [1.29, 1.82) is 0 Å². The first kappa shape index (κ1) is 19.3. The van der Waals surface area contributed by atoms with Crippen LogP contribution in [0, 0.1) is 19.7 Å². The van der Waals surface area contributed by atoms with Gasteiger partial charge in [0.05, 0.1) is 17.1 Å². The number of Topliss-reactive ketones (excluding diaryl/α,β-unsaturated/α-hetero) is 1. The molecule has 0 amide bonds. The van der Waals surface area contributed by atoms with Crippen LogP contribution in [0.1, 0.15) is 44.6 Å². The molecule has 1 aliphatic heterocycles. The van der Waals surface area contributed by atoms with E-state index >= 15 is 0 Å². The van der Waals surface area contributed by atoms with E-state index in [0.717, 1.165) is 11.8 Å². The number of hydrogen-bond acceptors (Lipinski definition) is 5. The molecular formula is C19H20FNO5S. The summed E-state index contributed by atoms with van der Waals surface area (Å²) in [6, 6.07) is 6.53. The molecule has 1 saturated heterocycles. The second kappa shape index (κ2) is 7.26. The number of carbonyl (C=O) groups excluding carboxylic acids is 2. The van der Waals surface area contributed by atoms with Gasteiger partial charge in [0.25, 0.3) is 0 Å². The summed E-state index contributed by atoms with van der Waals surface area (Å²) in [7, 11) is -3.05. The third-order valence-corrected chi connectivity index (χ3v) is 6.50. The molecule has 8 heteroatoms. The molecule has 1 fully saturated rings. The maximum atomic E-state index is 13.2. The zero-order valence-corrected chi connectivity index (χ0v) is 15.9. The summed E-state index contributed by atoms with van der Waals surface area (Å²) in [4.78, 5) is 24.5. The molecule has 27 heavy (non-hydrogen) atoms. The van der Waals surface area contributed by atoms with Gasteiger partial charge in [0.2, 0.25) is 5.78 Å². The Labute approximate surface area is 156 Å². The summed E-state index contributed by atoms with van der Waals surface area (Å²) in [5.41, 5.74) is 1.86. The lowest BCUT2D eigenvalue weighted by Gasteiger charge is -2.16. The molecule has 2 heterocycles. The standard InChI is InChI=1S/C19H20FNO5S/c1-12-8-17(13(2)21(12)16-6-7-27(24,25)11-16)18(22)10-26-19(23)14-4-3-5-15(20)9-14/h3-5,8-9,16H,6-7,10-11H2,1-2H3/t16-/m1/s1. The Morgan fingerprint density at radius 1 is 1.26 bits per heavy atom.